The summed E-state index contributed by atoms with van der Waals surface area (Å²) in [7, 11) is 0. The highest BCUT2D eigenvalue weighted by atomic mass is 35.5. The van der Waals surface area contributed by atoms with Crippen LogP contribution >= 0.6 is 11.6 Å². The minimum atomic E-state index is -0.313. The molecule has 0 unspecified atom stereocenters. The van der Waals surface area contributed by atoms with E-state index in [9.17, 15) is 4.79 Å². The van der Waals surface area contributed by atoms with E-state index in [2.05, 4.69) is 20.4 Å². The molecule has 31 heavy (non-hydrogen) atoms. The number of aromatic nitrogens is 4. The van der Waals surface area contributed by atoms with E-state index in [1.165, 1.54) is 0 Å². The molecule has 154 valence electrons. The van der Waals surface area contributed by atoms with E-state index in [0.717, 1.165) is 16.6 Å². The van der Waals surface area contributed by atoms with Gasteiger partial charge in [-0.2, -0.15) is 5.10 Å². The highest BCUT2D eigenvalue weighted by molar-refractivity contribution is 6.33. The number of benzene rings is 2. The van der Waals surface area contributed by atoms with Gasteiger partial charge in [-0.1, -0.05) is 41.9 Å². The fourth-order valence-electron chi connectivity index (χ4n) is 3.48. The first kappa shape index (κ1) is 19.1. The summed E-state index contributed by atoms with van der Waals surface area (Å²) >= 11 is 6.51. The molecule has 2 aromatic carbocycles. The molecule has 5 rings (SSSR count). The third kappa shape index (κ3) is 3.71. The Hall–Kier alpha value is -3.84. The number of aromatic amines is 1. The summed E-state index contributed by atoms with van der Waals surface area (Å²) in [6, 6.07) is 18.9. The smallest absolute Gasteiger partial charge is 0.260 e. The maximum absolute atomic E-state index is 13.0. The Bertz CT molecular complexity index is 1370. The van der Waals surface area contributed by atoms with E-state index < -0.39 is 0 Å². The predicted molar refractivity (Wildman–Crippen MR) is 119 cm³/mol. The van der Waals surface area contributed by atoms with Crippen LogP contribution in [0.1, 0.15) is 21.6 Å². The van der Waals surface area contributed by atoms with E-state index >= 15 is 0 Å². The van der Waals surface area contributed by atoms with E-state index in [-0.39, 0.29) is 5.91 Å². The lowest BCUT2D eigenvalue weighted by atomic mass is 10.2. The summed E-state index contributed by atoms with van der Waals surface area (Å²) in [5, 5.41) is 7.66. The molecule has 7 nitrogen and oxygen atoms in total. The van der Waals surface area contributed by atoms with Crippen LogP contribution in [0, 0.1) is 6.92 Å². The second-order valence-electron chi connectivity index (χ2n) is 7.14. The number of hydrogen-bond donors (Lipinski definition) is 2. The second-order valence-corrected chi connectivity index (χ2v) is 7.50. The summed E-state index contributed by atoms with van der Waals surface area (Å²) in [4.78, 5) is 20.7. The molecular weight excluding hydrogens is 414 g/mol. The number of carbonyl (C=O) groups excluding carboxylic acids is 1. The van der Waals surface area contributed by atoms with Gasteiger partial charge in [0.2, 0.25) is 0 Å². The molecule has 0 atom stereocenters. The van der Waals surface area contributed by atoms with Gasteiger partial charge in [0.15, 0.2) is 11.6 Å². The number of fused-ring (bicyclic) bond motifs is 1. The van der Waals surface area contributed by atoms with Crippen molar-refractivity contribution in [3.63, 3.8) is 0 Å². The third-order valence-corrected chi connectivity index (χ3v) is 5.35. The lowest BCUT2D eigenvalue weighted by Gasteiger charge is -2.06. The number of nitrogens with one attached hydrogen (secondary N) is 2. The normalized spacial score (nSPS) is 11.2. The van der Waals surface area contributed by atoms with E-state index in [1.54, 1.807) is 30.0 Å². The first-order chi connectivity index (χ1) is 15.1. The zero-order valence-corrected chi connectivity index (χ0v) is 17.3. The molecule has 0 bridgehead atoms. The molecule has 5 aromatic rings. The van der Waals surface area contributed by atoms with Crippen LogP contribution in [0.5, 0.6) is 0 Å². The molecule has 0 spiro atoms. The first-order valence-electron chi connectivity index (χ1n) is 9.70. The van der Waals surface area contributed by atoms with E-state index in [0.29, 0.717) is 40.2 Å². The highest BCUT2D eigenvalue weighted by Gasteiger charge is 2.21. The van der Waals surface area contributed by atoms with Crippen molar-refractivity contribution in [3.8, 4) is 11.6 Å². The first-order valence-corrected chi connectivity index (χ1v) is 10.1. The van der Waals surface area contributed by atoms with Crippen LogP contribution in [0.15, 0.2) is 71.3 Å². The minimum absolute atomic E-state index is 0.307. The number of aryl methyl sites for hydroxylation is 1. The van der Waals surface area contributed by atoms with Gasteiger partial charge in [-0.3, -0.25) is 4.79 Å². The van der Waals surface area contributed by atoms with E-state index in [4.69, 9.17) is 16.0 Å². The standard InChI is InChI=1S/C23H18ClN5O2/c1-14-20(21(24)29(28-14)13-15-6-3-2-4-7-15)23(30)25-16-9-10-17-18(12-16)27-22(26-17)19-8-5-11-31-19/h2-12H,13H2,1H3,(H,25,30)(H,26,27). The molecule has 2 N–H and O–H groups in total. The zero-order valence-electron chi connectivity index (χ0n) is 16.6. The number of carbonyl (C=O) groups is 1. The number of halogens is 1. The molecule has 3 aromatic heterocycles. The molecule has 0 saturated heterocycles. The van der Waals surface area contributed by atoms with Crippen LogP contribution in [-0.2, 0) is 6.54 Å². The fourth-order valence-corrected chi connectivity index (χ4v) is 3.80. The summed E-state index contributed by atoms with van der Waals surface area (Å²) < 4.78 is 7.02. The van der Waals surface area contributed by atoms with Crippen molar-refractivity contribution < 1.29 is 9.21 Å². The van der Waals surface area contributed by atoms with Gasteiger partial charge in [0.05, 0.1) is 35.1 Å². The van der Waals surface area contributed by atoms with Gasteiger partial charge in [-0.15, -0.1) is 0 Å². The van der Waals surface area contributed by atoms with Gasteiger partial charge in [-0.25, -0.2) is 9.67 Å². The Morgan fingerprint density at radius 2 is 2.00 bits per heavy atom. The average Bonchev–Trinajstić information content (AvgIpc) is 3.48. The number of hydrogen-bond acceptors (Lipinski definition) is 4. The zero-order chi connectivity index (χ0) is 21.4. The summed E-state index contributed by atoms with van der Waals surface area (Å²) in [6.07, 6.45) is 1.60. The Labute approximate surface area is 182 Å². The van der Waals surface area contributed by atoms with Crippen molar-refractivity contribution in [2.75, 3.05) is 5.32 Å². The van der Waals surface area contributed by atoms with Crippen molar-refractivity contribution in [3.05, 3.63) is 88.9 Å². The molecular formula is C23H18ClN5O2. The predicted octanol–water partition coefficient (Wildman–Crippen LogP) is 5.28. The second kappa shape index (κ2) is 7.77. The monoisotopic (exact) mass is 431 g/mol. The van der Waals surface area contributed by atoms with Crippen molar-refractivity contribution >= 4 is 34.2 Å². The van der Waals surface area contributed by atoms with Crippen LogP contribution in [-0.4, -0.2) is 25.7 Å². The summed E-state index contributed by atoms with van der Waals surface area (Å²) in [6.45, 7) is 2.26. The number of furan rings is 1. The fraction of sp³-hybridized carbons (Fsp3) is 0.0870. The van der Waals surface area contributed by atoms with Crippen molar-refractivity contribution in [2.45, 2.75) is 13.5 Å². The molecule has 0 radical (unpaired) electrons. The number of H-pyrrole nitrogens is 1. The van der Waals surface area contributed by atoms with Crippen LogP contribution in [0.3, 0.4) is 0 Å². The van der Waals surface area contributed by atoms with Gasteiger partial charge < -0.3 is 14.7 Å². The molecule has 0 saturated carbocycles. The summed E-state index contributed by atoms with van der Waals surface area (Å²) in [5.41, 5.74) is 4.16. The minimum Gasteiger partial charge on any atom is -0.461 e. The topological polar surface area (TPSA) is 88.7 Å². The number of amides is 1. The highest BCUT2D eigenvalue weighted by Crippen LogP contribution is 2.25. The number of imidazole rings is 1. The van der Waals surface area contributed by atoms with Crippen molar-refractivity contribution in [1.29, 1.82) is 0 Å². The SMILES string of the molecule is Cc1nn(Cc2ccccc2)c(Cl)c1C(=O)Nc1ccc2nc(-c3ccco3)[nH]c2c1. The van der Waals surface area contributed by atoms with Crippen LogP contribution in [0.2, 0.25) is 5.15 Å². The van der Waals surface area contributed by atoms with Crippen LogP contribution in [0.4, 0.5) is 5.69 Å². The molecule has 0 fully saturated rings. The molecule has 0 aliphatic rings. The molecule has 1 amide bonds. The lowest BCUT2D eigenvalue weighted by molar-refractivity contribution is 0.102. The number of rotatable bonds is 5. The van der Waals surface area contributed by atoms with Gasteiger partial charge in [0.25, 0.3) is 5.91 Å². The number of nitrogens with zero attached hydrogens (tertiary/aromatic N) is 3. The van der Waals surface area contributed by atoms with Crippen LogP contribution in [0.25, 0.3) is 22.6 Å². The lowest BCUT2D eigenvalue weighted by Crippen LogP contribution is -2.13. The van der Waals surface area contributed by atoms with Gasteiger partial charge in [-0.05, 0) is 42.8 Å². The maximum Gasteiger partial charge on any atom is 0.260 e. The van der Waals surface area contributed by atoms with Crippen LogP contribution < -0.4 is 5.32 Å². The molecule has 0 aliphatic carbocycles. The Balaban J connectivity index is 1.39. The summed E-state index contributed by atoms with van der Waals surface area (Å²) in [5.74, 6) is 0.964. The van der Waals surface area contributed by atoms with Crippen molar-refractivity contribution in [1.82, 2.24) is 19.7 Å². The average molecular weight is 432 g/mol. The van der Waals surface area contributed by atoms with E-state index in [1.807, 2.05) is 48.5 Å². The number of anilines is 1. The largest absolute Gasteiger partial charge is 0.461 e. The van der Waals surface area contributed by atoms with Gasteiger partial charge in [0, 0.05) is 5.69 Å². The van der Waals surface area contributed by atoms with Gasteiger partial charge >= 0.3 is 0 Å². The Morgan fingerprint density at radius 1 is 1.16 bits per heavy atom. The maximum atomic E-state index is 13.0. The molecule has 3 heterocycles. The Kier molecular flexibility index (Phi) is 4.80. The van der Waals surface area contributed by atoms with Crippen molar-refractivity contribution in [2.24, 2.45) is 0 Å². The molecule has 8 heteroatoms. The molecule has 0 aliphatic heterocycles. The Morgan fingerprint density at radius 3 is 2.77 bits per heavy atom. The third-order valence-electron chi connectivity index (χ3n) is 4.96. The van der Waals surface area contributed by atoms with Gasteiger partial charge in [0.1, 0.15) is 5.15 Å². The quantitative estimate of drug-likeness (QED) is 0.396.